The monoisotopic (exact) mass is 371 g/mol. The molecular weight excluding hydrogens is 361 g/mol. The predicted octanol–water partition coefficient (Wildman–Crippen LogP) is 4.81. The Hall–Kier alpha value is -1.03. The number of alkyl halides is 1. The SMILES string of the molecule is O=C(NCC(Cl)c1ccccc1)c1ccc(Cl)cc1Br. The topological polar surface area (TPSA) is 29.1 Å². The van der Waals surface area contributed by atoms with E-state index < -0.39 is 0 Å². The van der Waals surface area contributed by atoms with Crippen LogP contribution in [-0.2, 0) is 0 Å². The van der Waals surface area contributed by atoms with Gasteiger partial charge in [-0.25, -0.2) is 0 Å². The van der Waals surface area contributed by atoms with Crippen LogP contribution in [0.25, 0.3) is 0 Å². The summed E-state index contributed by atoms with van der Waals surface area (Å²) in [6.07, 6.45) is 0. The van der Waals surface area contributed by atoms with Crippen molar-refractivity contribution in [1.29, 1.82) is 0 Å². The van der Waals surface area contributed by atoms with Crippen molar-refractivity contribution < 1.29 is 4.79 Å². The lowest BCUT2D eigenvalue weighted by atomic mass is 10.1. The van der Waals surface area contributed by atoms with Crippen molar-refractivity contribution in [3.8, 4) is 0 Å². The molecular formula is C15H12BrCl2NO. The zero-order valence-corrected chi connectivity index (χ0v) is 13.5. The second-order valence-corrected chi connectivity index (χ2v) is 6.03. The number of amides is 1. The van der Waals surface area contributed by atoms with E-state index in [1.54, 1.807) is 18.2 Å². The van der Waals surface area contributed by atoms with Crippen LogP contribution < -0.4 is 5.32 Å². The van der Waals surface area contributed by atoms with Crippen molar-refractivity contribution >= 4 is 45.0 Å². The van der Waals surface area contributed by atoms with E-state index in [-0.39, 0.29) is 11.3 Å². The molecule has 104 valence electrons. The molecule has 0 heterocycles. The van der Waals surface area contributed by atoms with Crippen LogP contribution in [0.2, 0.25) is 5.02 Å². The molecule has 0 fully saturated rings. The van der Waals surface area contributed by atoms with Gasteiger partial charge in [0.15, 0.2) is 0 Å². The van der Waals surface area contributed by atoms with E-state index >= 15 is 0 Å². The summed E-state index contributed by atoms with van der Waals surface area (Å²) in [7, 11) is 0. The number of hydrogen-bond acceptors (Lipinski definition) is 1. The Bertz CT molecular complexity index is 604. The van der Waals surface area contributed by atoms with E-state index in [9.17, 15) is 4.79 Å². The Balaban J connectivity index is 1.99. The van der Waals surface area contributed by atoms with Gasteiger partial charge in [0.2, 0.25) is 0 Å². The normalized spacial score (nSPS) is 11.9. The quantitative estimate of drug-likeness (QED) is 0.766. The van der Waals surface area contributed by atoms with E-state index in [2.05, 4.69) is 21.2 Å². The molecule has 1 unspecified atom stereocenters. The van der Waals surface area contributed by atoms with E-state index in [0.717, 1.165) is 5.56 Å². The number of benzene rings is 2. The lowest BCUT2D eigenvalue weighted by molar-refractivity contribution is 0.0953. The minimum atomic E-state index is -0.258. The fourth-order valence-electron chi connectivity index (χ4n) is 1.73. The zero-order chi connectivity index (χ0) is 14.5. The van der Waals surface area contributed by atoms with Gasteiger partial charge in [-0.05, 0) is 39.7 Å². The van der Waals surface area contributed by atoms with Gasteiger partial charge < -0.3 is 5.32 Å². The third kappa shape index (κ3) is 3.98. The Kier molecular flexibility index (Phi) is 5.46. The van der Waals surface area contributed by atoms with Crippen LogP contribution in [-0.4, -0.2) is 12.5 Å². The molecule has 0 bridgehead atoms. The van der Waals surface area contributed by atoms with E-state index in [0.29, 0.717) is 21.6 Å². The fourth-order valence-corrected chi connectivity index (χ4v) is 2.82. The maximum atomic E-state index is 12.1. The van der Waals surface area contributed by atoms with Gasteiger partial charge in [0.1, 0.15) is 0 Å². The van der Waals surface area contributed by atoms with E-state index in [1.807, 2.05) is 30.3 Å². The third-order valence-electron chi connectivity index (χ3n) is 2.78. The van der Waals surface area contributed by atoms with Crippen LogP contribution in [0.3, 0.4) is 0 Å². The van der Waals surface area contributed by atoms with Gasteiger partial charge in [-0.15, -0.1) is 11.6 Å². The highest BCUT2D eigenvalue weighted by Gasteiger charge is 2.13. The highest BCUT2D eigenvalue weighted by molar-refractivity contribution is 9.10. The van der Waals surface area contributed by atoms with Gasteiger partial charge >= 0.3 is 0 Å². The first-order chi connectivity index (χ1) is 9.58. The number of nitrogens with one attached hydrogen (secondary N) is 1. The smallest absolute Gasteiger partial charge is 0.252 e. The number of halogens is 3. The second-order valence-electron chi connectivity index (χ2n) is 4.21. The minimum absolute atomic E-state index is 0.185. The van der Waals surface area contributed by atoms with Gasteiger partial charge in [-0.1, -0.05) is 41.9 Å². The Morgan fingerprint density at radius 1 is 1.20 bits per heavy atom. The predicted molar refractivity (Wildman–Crippen MR) is 86.5 cm³/mol. The molecule has 2 aromatic rings. The number of carbonyl (C=O) groups excluding carboxylic acids is 1. The zero-order valence-electron chi connectivity index (χ0n) is 10.4. The van der Waals surface area contributed by atoms with Crippen LogP contribution in [0.1, 0.15) is 21.3 Å². The Morgan fingerprint density at radius 3 is 2.55 bits per heavy atom. The lowest BCUT2D eigenvalue weighted by Crippen LogP contribution is -2.27. The summed E-state index contributed by atoms with van der Waals surface area (Å²) in [5, 5.41) is 3.13. The molecule has 0 saturated heterocycles. The van der Waals surface area contributed by atoms with Crippen molar-refractivity contribution in [2.45, 2.75) is 5.38 Å². The molecule has 2 rings (SSSR count). The van der Waals surface area contributed by atoms with E-state index in [4.69, 9.17) is 23.2 Å². The van der Waals surface area contributed by atoms with Gasteiger partial charge in [-0.3, -0.25) is 4.79 Å². The Morgan fingerprint density at radius 2 is 1.90 bits per heavy atom. The van der Waals surface area contributed by atoms with Crippen LogP contribution in [0.15, 0.2) is 53.0 Å². The summed E-state index contributed by atoms with van der Waals surface area (Å²) < 4.78 is 0.660. The summed E-state index contributed by atoms with van der Waals surface area (Å²) >= 11 is 15.4. The van der Waals surface area contributed by atoms with Crippen LogP contribution in [0.5, 0.6) is 0 Å². The highest BCUT2D eigenvalue weighted by Crippen LogP contribution is 2.22. The van der Waals surface area contributed by atoms with Crippen molar-refractivity contribution in [3.63, 3.8) is 0 Å². The van der Waals surface area contributed by atoms with Gasteiger partial charge in [0.05, 0.1) is 10.9 Å². The van der Waals surface area contributed by atoms with Crippen LogP contribution >= 0.6 is 39.1 Å². The van der Waals surface area contributed by atoms with Crippen LogP contribution in [0.4, 0.5) is 0 Å². The summed E-state index contributed by atoms with van der Waals surface area (Å²) in [5.74, 6) is -0.185. The molecule has 0 aromatic heterocycles. The highest BCUT2D eigenvalue weighted by atomic mass is 79.9. The molecule has 1 amide bonds. The lowest BCUT2D eigenvalue weighted by Gasteiger charge is -2.12. The molecule has 5 heteroatoms. The fraction of sp³-hybridized carbons (Fsp3) is 0.133. The summed E-state index contributed by atoms with van der Waals surface area (Å²) in [6.45, 7) is 0.361. The summed E-state index contributed by atoms with van der Waals surface area (Å²) in [5.41, 5.74) is 1.51. The molecule has 1 atom stereocenters. The van der Waals surface area contributed by atoms with Crippen molar-refractivity contribution in [3.05, 3.63) is 69.2 Å². The molecule has 0 aliphatic heterocycles. The third-order valence-corrected chi connectivity index (χ3v) is 4.08. The maximum Gasteiger partial charge on any atom is 0.252 e. The van der Waals surface area contributed by atoms with Crippen molar-refractivity contribution in [2.75, 3.05) is 6.54 Å². The first kappa shape index (κ1) is 15.4. The molecule has 1 N–H and O–H groups in total. The summed E-state index contributed by atoms with van der Waals surface area (Å²) in [6, 6.07) is 14.7. The molecule has 0 spiro atoms. The molecule has 2 nitrogen and oxygen atoms in total. The summed E-state index contributed by atoms with van der Waals surface area (Å²) in [4.78, 5) is 12.1. The minimum Gasteiger partial charge on any atom is -0.350 e. The van der Waals surface area contributed by atoms with Crippen molar-refractivity contribution in [2.24, 2.45) is 0 Å². The van der Waals surface area contributed by atoms with Crippen molar-refractivity contribution in [1.82, 2.24) is 5.32 Å². The first-order valence-corrected chi connectivity index (χ1v) is 7.61. The molecule has 0 aliphatic rings. The molecule has 20 heavy (non-hydrogen) atoms. The second kappa shape index (κ2) is 7.11. The average molecular weight is 373 g/mol. The largest absolute Gasteiger partial charge is 0.350 e. The van der Waals surface area contributed by atoms with E-state index in [1.165, 1.54) is 0 Å². The Labute approximate surface area is 136 Å². The first-order valence-electron chi connectivity index (χ1n) is 6.00. The maximum absolute atomic E-state index is 12.1. The average Bonchev–Trinajstić information content (AvgIpc) is 2.45. The number of carbonyl (C=O) groups is 1. The number of hydrogen-bond donors (Lipinski definition) is 1. The molecule has 2 aromatic carbocycles. The standard InChI is InChI=1S/C15H12BrCl2NO/c16-13-8-11(17)6-7-12(13)15(20)19-9-14(18)10-4-2-1-3-5-10/h1-8,14H,9H2,(H,19,20). The molecule has 0 radical (unpaired) electrons. The van der Waals surface area contributed by atoms with Gasteiger partial charge in [0, 0.05) is 16.0 Å². The van der Waals surface area contributed by atoms with Gasteiger partial charge in [0.25, 0.3) is 5.91 Å². The molecule has 0 aliphatic carbocycles. The van der Waals surface area contributed by atoms with Gasteiger partial charge in [-0.2, -0.15) is 0 Å². The number of rotatable bonds is 4. The van der Waals surface area contributed by atoms with Crippen LogP contribution in [0, 0.1) is 0 Å². The molecule has 0 saturated carbocycles.